The first-order valence-corrected chi connectivity index (χ1v) is 5.70. The number of nitrogens with zero attached hydrogens (tertiary/aromatic N) is 2. The highest BCUT2D eigenvalue weighted by atomic mass is 16.4. The highest BCUT2D eigenvalue weighted by Crippen LogP contribution is 2.26. The molecule has 1 aromatic heterocycles. The minimum Gasteiger partial charge on any atom is -0.478 e. The zero-order valence-electron chi connectivity index (χ0n) is 9.68. The number of hydrogen-bond donors (Lipinski definition) is 1. The minimum absolute atomic E-state index is 0.395. The molecule has 1 aliphatic rings. The van der Waals surface area contributed by atoms with E-state index in [4.69, 9.17) is 0 Å². The highest BCUT2D eigenvalue weighted by Gasteiger charge is 2.18. The molecule has 0 saturated carbocycles. The van der Waals surface area contributed by atoms with Crippen LogP contribution in [-0.2, 0) is 13.1 Å². The summed E-state index contributed by atoms with van der Waals surface area (Å²) in [5, 5.41) is 10.0. The van der Waals surface area contributed by atoms with Gasteiger partial charge in [-0.1, -0.05) is 6.07 Å². The van der Waals surface area contributed by atoms with Gasteiger partial charge < -0.3 is 9.67 Å². The molecular formula is C13H14N2O2. The molecule has 1 N–H and O–H groups in total. The van der Waals surface area contributed by atoms with Crippen LogP contribution in [0.4, 0.5) is 0 Å². The Morgan fingerprint density at radius 2 is 2.18 bits per heavy atom. The number of carboxylic acids is 1. The fraction of sp³-hybridized carbons (Fsp3) is 0.308. The molecule has 0 radical (unpaired) electrons. The van der Waals surface area contributed by atoms with Gasteiger partial charge in [0, 0.05) is 36.2 Å². The van der Waals surface area contributed by atoms with E-state index in [-0.39, 0.29) is 0 Å². The Balaban J connectivity index is 2.27. The Labute approximate surface area is 99.1 Å². The van der Waals surface area contributed by atoms with E-state index >= 15 is 0 Å². The number of rotatable bonds is 1. The lowest BCUT2D eigenvalue weighted by Gasteiger charge is -2.24. The van der Waals surface area contributed by atoms with E-state index in [0.717, 1.165) is 30.5 Å². The minimum atomic E-state index is -0.855. The van der Waals surface area contributed by atoms with Gasteiger partial charge in [0.1, 0.15) is 0 Å². The summed E-state index contributed by atoms with van der Waals surface area (Å²) in [6, 6.07) is 7.49. The summed E-state index contributed by atoms with van der Waals surface area (Å²) in [6.45, 7) is 2.82. The highest BCUT2D eigenvalue weighted by molar-refractivity contribution is 6.03. The number of carbonyl (C=O) groups is 1. The molecule has 4 nitrogen and oxygen atoms in total. The number of hydrogen-bond acceptors (Lipinski definition) is 2. The smallest absolute Gasteiger partial charge is 0.336 e. The molecule has 0 aliphatic carbocycles. The molecule has 0 amide bonds. The molecule has 0 saturated heterocycles. The molecule has 1 aromatic carbocycles. The van der Waals surface area contributed by atoms with E-state index in [1.165, 1.54) is 5.69 Å². The quantitative estimate of drug-likeness (QED) is 0.812. The van der Waals surface area contributed by atoms with Crippen molar-refractivity contribution in [3.63, 3.8) is 0 Å². The fourth-order valence-electron chi connectivity index (χ4n) is 2.55. The molecular weight excluding hydrogens is 216 g/mol. The summed E-state index contributed by atoms with van der Waals surface area (Å²) < 4.78 is 2.22. The van der Waals surface area contributed by atoms with Gasteiger partial charge in [-0.25, -0.2) is 4.79 Å². The number of fused-ring (bicyclic) bond motifs is 3. The lowest BCUT2D eigenvalue weighted by molar-refractivity contribution is 0.0699. The summed E-state index contributed by atoms with van der Waals surface area (Å²) in [5.74, 6) is -0.855. The average molecular weight is 230 g/mol. The Morgan fingerprint density at radius 1 is 1.35 bits per heavy atom. The molecule has 2 heterocycles. The van der Waals surface area contributed by atoms with Gasteiger partial charge in [0.05, 0.1) is 5.56 Å². The van der Waals surface area contributed by atoms with Crippen molar-refractivity contribution in [2.24, 2.45) is 0 Å². The first-order valence-electron chi connectivity index (χ1n) is 5.70. The largest absolute Gasteiger partial charge is 0.478 e. The predicted molar refractivity (Wildman–Crippen MR) is 65.2 cm³/mol. The molecule has 1 aliphatic heterocycles. The van der Waals surface area contributed by atoms with Crippen molar-refractivity contribution in [1.29, 1.82) is 0 Å². The molecule has 88 valence electrons. The Morgan fingerprint density at radius 3 is 2.94 bits per heavy atom. The van der Waals surface area contributed by atoms with Crippen LogP contribution in [0.5, 0.6) is 0 Å². The van der Waals surface area contributed by atoms with Gasteiger partial charge in [0.15, 0.2) is 0 Å². The van der Waals surface area contributed by atoms with E-state index in [0.29, 0.717) is 5.56 Å². The maximum Gasteiger partial charge on any atom is 0.336 e. The summed E-state index contributed by atoms with van der Waals surface area (Å²) in [5.41, 5.74) is 2.63. The van der Waals surface area contributed by atoms with Crippen molar-refractivity contribution in [3.8, 4) is 0 Å². The SMILES string of the molecule is CN1CCn2c(cc3c(C(=O)O)cccc32)C1. The van der Waals surface area contributed by atoms with Gasteiger partial charge in [-0.3, -0.25) is 4.90 Å². The molecule has 0 unspecified atom stereocenters. The van der Waals surface area contributed by atoms with Crippen molar-refractivity contribution < 1.29 is 9.90 Å². The van der Waals surface area contributed by atoms with Crippen LogP contribution < -0.4 is 0 Å². The lowest BCUT2D eigenvalue weighted by Crippen LogP contribution is -2.29. The van der Waals surface area contributed by atoms with Crippen molar-refractivity contribution in [2.75, 3.05) is 13.6 Å². The Bertz CT molecular complexity index is 601. The van der Waals surface area contributed by atoms with Gasteiger partial charge in [0.2, 0.25) is 0 Å². The van der Waals surface area contributed by atoms with Crippen molar-refractivity contribution >= 4 is 16.9 Å². The molecule has 0 spiro atoms. The predicted octanol–water partition coefficient (Wildman–Crippen LogP) is 1.78. The third kappa shape index (κ3) is 1.52. The molecule has 0 atom stereocenters. The monoisotopic (exact) mass is 230 g/mol. The second-order valence-electron chi connectivity index (χ2n) is 4.57. The number of aromatic nitrogens is 1. The van der Waals surface area contributed by atoms with Gasteiger partial charge in [-0.05, 0) is 25.2 Å². The molecule has 3 rings (SSSR count). The summed E-state index contributed by atoms with van der Waals surface area (Å²) in [7, 11) is 2.08. The summed E-state index contributed by atoms with van der Waals surface area (Å²) in [4.78, 5) is 13.4. The van der Waals surface area contributed by atoms with E-state index in [9.17, 15) is 9.90 Å². The van der Waals surface area contributed by atoms with Crippen LogP contribution in [0.25, 0.3) is 10.9 Å². The second-order valence-corrected chi connectivity index (χ2v) is 4.57. The van der Waals surface area contributed by atoms with E-state index in [1.54, 1.807) is 6.07 Å². The normalized spacial score (nSPS) is 16.1. The van der Waals surface area contributed by atoms with Crippen LogP contribution in [-0.4, -0.2) is 34.1 Å². The van der Waals surface area contributed by atoms with Crippen LogP contribution in [0.15, 0.2) is 24.3 Å². The standard InChI is InChI=1S/C13H14N2O2/c1-14-5-6-15-9(8-14)7-11-10(13(16)17)3-2-4-12(11)15/h2-4,7H,5-6,8H2,1H3,(H,16,17). The van der Waals surface area contributed by atoms with Crippen LogP contribution in [0.2, 0.25) is 0 Å². The Hall–Kier alpha value is -1.81. The topological polar surface area (TPSA) is 45.5 Å². The number of carboxylic acid groups (broad SMARTS) is 1. The van der Waals surface area contributed by atoms with Gasteiger partial charge in [-0.15, -0.1) is 0 Å². The summed E-state index contributed by atoms with van der Waals surface area (Å²) in [6.07, 6.45) is 0. The van der Waals surface area contributed by atoms with Gasteiger partial charge >= 0.3 is 5.97 Å². The fourth-order valence-corrected chi connectivity index (χ4v) is 2.55. The number of likely N-dealkylation sites (N-methyl/N-ethyl adjacent to an activating group) is 1. The lowest BCUT2D eigenvalue weighted by atomic mass is 10.1. The number of aromatic carboxylic acids is 1. The molecule has 4 heteroatoms. The molecule has 17 heavy (non-hydrogen) atoms. The van der Waals surface area contributed by atoms with Crippen LogP contribution in [0.3, 0.4) is 0 Å². The number of benzene rings is 1. The molecule has 0 bridgehead atoms. The maximum absolute atomic E-state index is 11.2. The maximum atomic E-state index is 11.2. The van der Waals surface area contributed by atoms with Crippen LogP contribution in [0.1, 0.15) is 16.1 Å². The Kier molecular flexibility index (Phi) is 2.19. The van der Waals surface area contributed by atoms with Crippen molar-refractivity contribution in [2.45, 2.75) is 13.1 Å². The first-order chi connectivity index (χ1) is 8.16. The van der Waals surface area contributed by atoms with E-state index < -0.39 is 5.97 Å². The summed E-state index contributed by atoms with van der Waals surface area (Å²) >= 11 is 0. The first kappa shape index (κ1) is 10.4. The van der Waals surface area contributed by atoms with Crippen molar-refractivity contribution in [3.05, 3.63) is 35.5 Å². The zero-order valence-corrected chi connectivity index (χ0v) is 9.68. The van der Waals surface area contributed by atoms with Crippen molar-refractivity contribution in [1.82, 2.24) is 9.47 Å². The zero-order chi connectivity index (χ0) is 12.0. The molecule has 0 fully saturated rings. The van der Waals surface area contributed by atoms with Gasteiger partial charge in [-0.2, -0.15) is 0 Å². The van der Waals surface area contributed by atoms with Crippen LogP contribution >= 0.6 is 0 Å². The average Bonchev–Trinajstić information content (AvgIpc) is 2.65. The van der Waals surface area contributed by atoms with Gasteiger partial charge in [0.25, 0.3) is 0 Å². The van der Waals surface area contributed by atoms with Crippen LogP contribution in [0, 0.1) is 0 Å². The van der Waals surface area contributed by atoms with E-state index in [2.05, 4.69) is 16.5 Å². The second kappa shape index (κ2) is 3.60. The third-order valence-corrected chi connectivity index (χ3v) is 3.40. The molecule has 2 aromatic rings. The van der Waals surface area contributed by atoms with E-state index in [1.807, 2.05) is 18.2 Å². The third-order valence-electron chi connectivity index (χ3n) is 3.40.